The zero-order valence-electron chi connectivity index (χ0n) is 63.8. The van der Waals surface area contributed by atoms with Gasteiger partial charge in [-0.1, -0.05) is 27.7 Å². The summed E-state index contributed by atoms with van der Waals surface area (Å²) in [7, 11) is 2.05. The number of esters is 7. The fourth-order valence-electron chi connectivity index (χ4n) is 12.0. The van der Waals surface area contributed by atoms with Crippen molar-refractivity contribution in [3.8, 4) is 0 Å². The van der Waals surface area contributed by atoms with Gasteiger partial charge in [0.1, 0.15) is 56.4 Å². The summed E-state index contributed by atoms with van der Waals surface area (Å²) < 4.78 is 77.0. The number of nitrogens with zero attached hydrogens (tertiary/aromatic N) is 2. The molecule has 0 aromatic heterocycles. The molecule has 108 heavy (non-hydrogen) atoms. The zero-order valence-corrected chi connectivity index (χ0v) is 67.8. The minimum absolute atomic E-state index is 0. The van der Waals surface area contributed by atoms with Crippen LogP contribution in [-0.2, 0) is 172 Å². The molecule has 3 heterocycles. The molecule has 0 aromatic carbocycles. The Morgan fingerprint density at radius 1 is 0.454 bits per heavy atom. The van der Waals surface area contributed by atoms with Crippen LogP contribution in [0.2, 0.25) is 0 Å². The molecule has 8 amide bonds. The second-order valence-electron chi connectivity index (χ2n) is 26.1. The molecule has 7 unspecified atom stereocenters. The van der Waals surface area contributed by atoms with E-state index in [0.717, 1.165) is 0 Å². The second-order valence-corrected chi connectivity index (χ2v) is 29.9. The van der Waals surface area contributed by atoms with Crippen molar-refractivity contribution in [3.05, 3.63) is 0 Å². The zero-order chi connectivity index (χ0) is 80.0. The van der Waals surface area contributed by atoms with Crippen molar-refractivity contribution in [2.24, 2.45) is 17.8 Å². The van der Waals surface area contributed by atoms with Gasteiger partial charge in [-0.15, -0.1) is 0 Å². The normalized spacial score (nSPS) is 23.9. The van der Waals surface area contributed by atoms with Gasteiger partial charge in [0.15, 0.2) is 25.0 Å². The first kappa shape index (κ1) is 97.3. The molecule has 0 aliphatic carbocycles. The predicted octanol–water partition coefficient (Wildman–Crippen LogP) is 0.787. The first-order chi connectivity index (χ1) is 50.5. The van der Waals surface area contributed by atoms with E-state index in [1.54, 1.807) is 27.7 Å². The summed E-state index contributed by atoms with van der Waals surface area (Å²) in [5.74, 6) is -9.96. The van der Waals surface area contributed by atoms with Crippen molar-refractivity contribution >= 4 is 117 Å². The minimum Gasteiger partial charge on any atom is -0.463 e. The van der Waals surface area contributed by atoms with Crippen LogP contribution in [0.4, 0.5) is 0 Å². The van der Waals surface area contributed by atoms with Crippen LogP contribution >= 0.6 is 8.02 Å². The number of hydrogen-bond acceptors (Lipinski definition) is 30. The molecule has 3 saturated heterocycles. The summed E-state index contributed by atoms with van der Waals surface area (Å²) in [5.41, 5.74) is 0. The summed E-state index contributed by atoms with van der Waals surface area (Å²) in [4.78, 5) is 193. The van der Waals surface area contributed by atoms with Crippen LogP contribution in [0.1, 0.15) is 167 Å². The summed E-state index contributed by atoms with van der Waals surface area (Å²) in [6.45, 7) is 16.4. The van der Waals surface area contributed by atoms with Gasteiger partial charge in [-0.25, -0.2) is 11.2 Å². The molecule has 0 bridgehead atoms. The van der Waals surface area contributed by atoms with Crippen LogP contribution in [0.15, 0.2) is 0 Å². The average Bonchev–Trinajstić information content (AvgIpc) is 0.809. The predicted molar refractivity (Wildman–Crippen MR) is 382 cm³/mol. The Kier molecular flexibility index (Phi) is 46.6. The molecule has 613 valence electrons. The van der Waals surface area contributed by atoms with E-state index in [-0.39, 0.29) is 142 Å². The molecule has 3 rings (SSSR count). The van der Waals surface area contributed by atoms with Gasteiger partial charge >= 0.3 is 41.8 Å². The summed E-state index contributed by atoms with van der Waals surface area (Å²) >= 11 is 4.96. The molecule has 3 fully saturated rings. The maximum Gasteiger partial charge on any atom is 0.307 e. The molecule has 6 N–H and O–H groups in total. The van der Waals surface area contributed by atoms with Crippen LogP contribution in [-0.4, -0.2) is 257 Å². The van der Waals surface area contributed by atoms with E-state index in [0.29, 0.717) is 25.7 Å². The fourth-order valence-corrected chi connectivity index (χ4v) is 12.9. The Bertz CT molecular complexity index is 3070. The molecule has 40 heteroatoms. The van der Waals surface area contributed by atoms with Gasteiger partial charge < -0.3 is 103 Å². The molecule has 3 aliphatic heterocycles. The van der Waals surface area contributed by atoms with E-state index in [2.05, 4.69) is 39.3 Å². The van der Waals surface area contributed by atoms with Crippen molar-refractivity contribution in [1.82, 2.24) is 41.1 Å². The molecule has 0 spiro atoms. The Morgan fingerprint density at radius 2 is 0.796 bits per heavy atom. The first-order valence-electron chi connectivity index (χ1n) is 35.8. The van der Waals surface area contributed by atoms with Crippen molar-refractivity contribution in [2.45, 2.75) is 247 Å². The number of carbonyl (C=O) groups excluding carboxylic acids is 15. The Balaban J connectivity index is 0.0000396. The van der Waals surface area contributed by atoms with Crippen LogP contribution in [0.25, 0.3) is 0 Å². The molecular weight excluding hydrogens is 1520 g/mol. The molecular formula is C68H110N8O28PS2V-. The quantitative estimate of drug-likeness (QED) is 0.0161. The first-order valence-corrected chi connectivity index (χ1v) is 39.2. The number of unbranched alkanes of at least 4 members (excludes halogenated alkanes) is 3. The largest absolute Gasteiger partial charge is 0.463 e. The van der Waals surface area contributed by atoms with Gasteiger partial charge in [0.25, 0.3) is 5.91 Å². The number of nitrogens with one attached hydrogen (secondary N) is 6. The maximum atomic E-state index is 14.6. The molecule has 16 atom stereocenters. The van der Waals surface area contributed by atoms with Crippen LogP contribution in [0.5, 0.6) is 0 Å². The maximum absolute atomic E-state index is 14.6. The summed E-state index contributed by atoms with van der Waals surface area (Å²) in [5, 5.41) is 14.0. The third-order valence-electron chi connectivity index (χ3n) is 17.2. The Hall–Kier alpha value is -6.74. The monoisotopic (exact) mass is 1630 g/mol. The van der Waals surface area contributed by atoms with Gasteiger partial charge in [0.05, 0.1) is 24.5 Å². The number of hydrogen-bond donors (Lipinski definition) is 6. The van der Waals surface area contributed by atoms with E-state index in [1.165, 1.54) is 72.1 Å². The van der Waals surface area contributed by atoms with Crippen molar-refractivity contribution in [2.75, 3.05) is 78.9 Å². The average molecular weight is 1630 g/mol. The van der Waals surface area contributed by atoms with E-state index in [9.17, 15) is 71.9 Å². The molecule has 1 radical (unpaired) electrons. The minimum atomic E-state index is -1.38. The van der Waals surface area contributed by atoms with Crippen LogP contribution in [0, 0.1) is 17.8 Å². The van der Waals surface area contributed by atoms with Gasteiger partial charge in [-0.05, 0) is 44.9 Å². The molecule has 0 aromatic rings. The van der Waals surface area contributed by atoms with Gasteiger partial charge in [0.2, 0.25) is 41.4 Å². The van der Waals surface area contributed by atoms with Gasteiger partial charge in [-0.2, -0.15) is 0 Å². The Labute approximate surface area is 650 Å². The van der Waals surface area contributed by atoms with Crippen LogP contribution < -0.4 is 31.3 Å². The van der Waals surface area contributed by atoms with Crippen molar-refractivity contribution in [3.63, 3.8) is 0 Å². The summed E-state index contributed by atoms with van der Waals surface area (Å²) in [6, 6.07) is -2.41. The standard InChI is InChI=1S/C68H110N8O28PS2.V/c1-14-50(101-58(90)25-24-56(88)74-107(105)106)65(91)76(29-27-70-55(87)22-16-19-33-93-67-60(72-42(6)78)39(3)63(99-48(12)84)52(103-67)36-96-45(9)81)31-30-75(57(89)23-17-20-34-94-68-61(73-43(7)79)40(4)64(100-49(13)85)53(104-68)37-97-46(10)82)28-26-69-54(86)21-15-18-32-92-66-59(71-41(5)77)38(2)62(98-47(11)83)51(102-66)35-95-44(8)80;/h38-40,50-53,59-64,66-68,105H,14-37H2,1-13H3,(H,69,86)(H,70,87)(H,71,77)(H,72,78)(H,73,79)(H,74,88,106);/q-1;/t38-,39-,40-,50?,51?,52?,53?,59?,60?,61?,62-,63-,64-,66-,67-,68-;/m1./s1. The topological polar surface area (TPSA) is 455 Å². The van der Waals surface area contributed by atoms with Gasteiger partial charge in [-0.3, -0.25) is 88.8 Å². The number of carbonyl (C=O) groups is 15. The van der Waals surface area contributed by atoms with E-state index < -0.39 is 202 Å². The number of ether oxygens (including phenoxy) is 13. The van der Waals surface area contributed by atoms with Crippen molar-refractivity contribution in [1.29, 1.82) is 0 Å². The molecule has 36 nitrogen and oxygen atoms in total. The SMILES string of the molecule is CCC(OC(=O)CCC(=O)N[S-](=P)=S)C(=O)N(CCNC(=O)CCCCO[C@@H]1OC(COC(C)=O)[C@H](OC(C)=O)[C@H](C)C1NC(C)=O)CCN(CCNC(=O)CCCCO[C@@H]1OC(COC(C)=O)[C@H](OC(C)=O)[C@H](C)C1NC(C)=O)C(=O)CCCCO[C@@H]1OC(COC(C)=O)[C@H](OC(C)=O)[C@H](C)C1NC(C)=O.[V]. The number of rotatable bonds is 46. The van der Waals surface area contributed by atoms with E-state index >= 15 is 0 Å². The summed E-state index contributed by atoms with van der Waals surface area (Å²) in [6.07, 6.45) is -9.34. The van der Waals surface area contributed by atoms with Crippen molar-refractivity contribution < 1.29 is 152 Å². The third-order valence-corrected chi connectivity index (χ3v) is 18.1. The molecule has 0 saturated carbocycles. The molecule has 3 aliphatic rings. The smallest absolute Gasteiger partial charge is 0.307 e. The third kappa shape index (κ3) is 37.3. The Morgan fingerprint density at radius 3 is 1.12 bits per heavy atom. The van der Waals surface area contributed by atoms with E-state index in [1.807, 2.05) is 0 Å². The number of amides is 8. The van der Waals surface area contributed by atoms with Crippen LogP contribution in [0.3, 0.4) is 0 Å². The fraction of sp³-hybridized carbons (Fsp3) is 0.779. The second kappa shape index (κ2) is 51.7. The van der Waals surface area contributed by atoms with E-state index in [4.69, 9.17) is 72.8 Å². The van der Waals surface area contributed by atoms with Gasteiger partial charge in [0, 0.05) is 183 Å².